The summed E-state index contributed by atoms with van der Waals surface area (Å²) in [4.78, 5) is 0. The Bertz CT molecular complexity index is 685. The minimum absolute atomic E-state index is 0.326. The van der Waals surface area contributed by atoms with Crippen LogP contribution in [0.5, 0.6) is 11.5 Å². The molecule has 1 aromatic heterocycles. The van der Waals surface area contributed by atoms with E-state index < -0.39 is 0 Å². The second-order valence-corrected chi connectivity index (χ2v) is 4.33. The summed E-state index contributed by atoms with van der Waals surface area (Å²) in [6.45, 7) is 4.19. The van der Waals surface area contributed by atoms with E-state index in [1.54, 1.807) is 25.0 Å². The second kappa shape index (κ2) is 6.57. The lowest BCUT2D eigenvalue weighted by atomic mass is 10.1. The van der Waals surface area contributed by atoms with Gasteiger partial charge in [-0.25, -0.2) is 4.68 Å². The summed E-state index contributed by atoms with van der Waals surface area (Å²) in [5.74, 6) is 1.32. The summed E-state index contributed by atoms with van der Waals surface area (Å²) < 4.78 is 12.2. The van der Waals surface area contributed by atoms with Gasteiger partial charge in [0.25, 0.3) is 0 Å². The van der Waals surface area contributed by atoms with Crippen LogP contribution in [0.3, 0.4) is 0 Å². The number of hydrogen-bond acceptors (Lipinski definition) is 5. The van der Waals surface area contributed by atoms with Gasteiger partial charge in [0.05, 0.1) is 26.5 Å². The Kier molecular flexibility index (Phi) is 4.57. The van der Waals surface area contributed by atoms with E-state index in [0.29, 0.717) is 30.2 Å². The topological polar surface area (TPSA) is 73.0 Å². The molecule has 0 radical (unpaired) electrons. The van der Waals surface area contributed by atoms with E-state index in [4.69, 9.17) is 14.7 Å². The summed E-state index contributed by atoms with van der Waals surface area (Å²) in [6, 6.07) is 7.70. The lowest BCUT2D eigenvalue weighted by Gasteiger charge is -2.10. The molecule has 108 valence electrons. The third-order valence-electron chi connectivity index (χ3n) is 3.07. The Balaban J connectivity index is 2.36. The molecule has 6 heteroatoms. The number of benzene rings is 1. The number of nitriles is 1. The van der Waals surface area contributed by atoms with Gasteiger partial charge in [-0.15, -0.1) is 11.7 Å². The zero-order chi connectivity index (χ0) is 15.2. The number of methoxy groups -OCH3 is 2. The Morgan fingerprint density at radius 1 is 1.33 bits per heavy atom. The predicted molar refractivity (Wildman–Crippen MR) is 77.3 cm³/mol. The molecule has 0 N–H and O–H groups in total. The molecule has 0 aliphatic carbocycles. The van der Waals surface area contributed by atoms with E-state index in [1.807, 2.05) is 18.2 Å². The Labute approximate surface area is 123 Å². The minimum Gasteiger partial charge on any atom is -0.493 e. The standard InChI is InChI=1S/C15H16N4O2/c1-4-7-19-13(12(10-16)17-18-19)8-11-5-6-14(20-2)15(9-11)21-3/h4-6,9H,1,7-8H2,2-3H3. The largest absolute Gasteiger partial charge is 0.493 e. The van der Waals surface area contributed by atoms with Gasteiger partial charge in [-0.2, -0.15) is 5.26 Å². The summed E-state index contributed by atoms with van der Waals surface area (Å²) in [6.07, 6.45) is 2.25. The van der Waals surface area contributed by atoms with Crippen molar-refractivity contribution in [1.29, 1.82) is 5.26 Å². The van der Waals surface area contributed by atoms with Gasteiger partial charge in [0.15, 0.2) is 17.2 Å². The fraction of sp³-hybridized carbons (Fsp3) is 0.267. The van der Waals surface area contributed by atoms with E-state index in [0.717, 1.165) is 11.3 Å². The summed E-state index contributed by atoms with van der Waals surface area (Å²) in [5, 5.41) is 17.0. The Morgan fingerprint density at radius 3 is 2.71 bits per heavy atom. The van der Waals surface area contributed by atoms with Gasteiger partial charge < -0.3 is 9.47 Å². The number of allylic oxidation sites excluding steroid dienone is 1. The molecule has 0 fully saturated rings. The van der Waals surface area contributed by atoms with Gasteiger partial charge in [0, 0.05) is 6.42 Å². The lowest BCUT2D eigenvalue weighted by Crippen LogP contribution is -2.05. The molecule has 0 atom stereocenters. The Hall–Kier alpha value is -2.81. The van der Waals surface area contributed by atoms with Crippen molar-refractivity contribution in [2.45, 2.75) is 13.0 Å². The first-order chi connectivity index (χ1) is 10.2. The molecule has 0 saturated heterocycles. The maximum absolute atomic E-state index is 9.12. The Morgan fingerprint density at radius 2 is 2.10 bits per heavy atom. The van der Waals surface area contributed by atoms with Gasteiger partial charge in [0.1, 0.15) is 6.07 Å². The second-order valence-electron chi connectivity index (χ2n) is 4.33. The zero-order valence-corrected chi connectivity index (χ0v) is 12.0. The maximum Gasteiger partial charge on any atom is 0.186 e. The molecular weight excluding hydrogens is 268 g/mol. The van der Waals surface area contributed by atoms with Crippen LogP contribution >= 0.6 is 0 Å². The molecule has 1 heterocycles. The molecule has 1 aromatic carbocycles. The monoisotopic (exact) mass is 284 g/mol. The van der Waals surface area contributed by atoms with Gasteiger partial charge in [-0.1, -0.05) is 17.4 Å². The number of ether oxygens (including phenoxy) is 2. The predicted octanol–water partition coefficient (Wildman–Crippen LogP) is 1.94. The quantitative estimate of drug-likeness (QED) is 0.758. The molecule has 0 saturated carbocycles. The average molecular weight is 284 g/mol. The first-order valence-corrected chi connectivity index (χ1v) is 6.37. The van der Waals surface area contributed by atoms with Crippen molar-refractivity contribution in [2.24, 2.45) is 0 Å². The highest BCUT2D eigenvalue weighted by atomic mass is 16.5. The van der Waals surface area contributed by atoms with Crippen LogP contribution < -0.4 is 9.47 Å². The number of rotatable bonds is 6. The highest BCUT2D eigenvalue weighted by molar-refractivity contribution is 5.44. The van der Waals surface area contributed by atoms with E-state index in [1.165, 1.54) is 0 Å². The van der Waals surface area contributed by atoms with Crippen molar-refractivity contribution in [2.75, 3.05) is 14.2 Å². The van der Waals surface area contributed by atoms with Crippen molar-refractivity contribution < 1.29 is 9.47 Å². The third kappa shape index (κ3) is 3.03. The van der Waals surface area contributed by atoms with Crippen LogP contribution in [0.1, 0.15) is 17.0 Å². The average Bonchev–Trinajstić information content (AvgIpc) is 2.89. The molecule has 0 spiro atoms. The molecule has 0 aliphatic heterocycles. The number of aromatic nitrogens is 3. The van der Waals surface area contributed by atoms with E-state index in [9.17, 15) is 0 Å². The van der Waals surface area contributed by atoms with Crippen LogP contribution in [0.25, 0.3) is 0 Å². The van der Waals surface area contributed by atoms with Gasteiger partial charge in [-0.05, 0) is 17.7 Å². The SMILES string of the molecule is C=CCn1nnc(C#N)c1Cc1ccc(OC)c(OC)c1. The molecule has 2 rings (SSSR count). The first kappa shape index (κ1) is 14.6. The highest BCUT2D eigenvalue weighted by Gasteiger charge is 2.14. The highest BCUT2D eigenvalue weighted by Crippen LogP contribution is 2.28. The van der Waals surface area contributed by atoms with E-state index in [2.05, 4.69) is 23.0 Å². The smallest absolute Gasteiger partial charge is 0.186 e. The van der Waals surface area contributed by atoms with Crippen molar-refractivity contribution in [3.8, 4) is 17.6 Å². The van der Waals surface area contributed by atoms with Crippen LogP contribution in [0.15, 0.2) is 30.9 Å². The fourth-order valence-electron chi connectivity index (χ4n) is 2.05. The van der Waals surface area contributed by atoms with Gasteiger partial charge >= 0.3 is 0 Å². The molecule has 21 heavy (non-hydrogen) atoms. The van der Waals surface area contributed by atoms with Crippen LogP contribution in [-0.4, -0.2) is 29.2 Å². The molecule has 2 aromatic rings. The van der Waals surface area contributed by atoms with E-state index in [-0.39, 0.29) is 0 Å². The van der Waals surface area contributed by atoms with Crippen LogP contribution in [0.4, 0.5) is 0 Å². The minimum atomic E-state index is 0.326. The van der Waals surface area contributed by atoms with Crippen molar-refractivity contribution in [1.82, 2.24) is 15.0 Å². The molecule has 0 aliphatic rings. The lowest BCUT2D eigenvalue weighted by molar-refractivity contribution is 0.354. The van der Waals surface area contributed by atoms with Crippen molar-refractivity contribution in [3.63, 3.8) is 0 Å². The van der Waals surface area contributed by atoms with Crippen molar-refractivity contribution in [3.05, 3.63) is 47.8 Å². The van der Waals surface area contributed by atoms with E-state index >= 15 is 0 Å². The van der Waals surface area contributed by atoms with Gasteiger partial charge in [0.2, 0.25) is 0 Å². The third-order valence-corrected chi connectivity index (χ3v) is 3.07. The summed E-state index contributed by atoms with van der Waals surface area (Å²) >= 11 is 0. The van der Waals surface area contributed by atoms with Crippen LogP contribution in [0, 0.1) is 11.3 Å². The molecule has 0 amide bonds. The normalized spacial score (nSPS) is 9.95. The molecular formula is C15H16N4O2. The number of nitrogens with zero attached hydrogens (tertiary/aromatic N) is 4. The molecule has 6 nitrogen and oxygen atoms in total. The van der Waals surface area contributed by atoms with Crippen molar-refractivity contribution >= 4 is 0 Å². The molecule has 0 unspecified atom stereocenters. The summed E-state index contributed by atoms with van der Waals surface area (Å²) in [5.41, 5.74) is 2.06. The van der Waals surface area contributed by atoms with Crippen LogP contribution in [-0.2, 0) is 13.0 Å². The summed E-state index contributed by atoms with van der Waals surface area (Å²) in [7, 11) is 3.18. The maximum atomic E-state index is 9.12. The molecule has 0 bridgehead atoms. The van der Waals surface area contributed by atoms with Crippen LogP contribution in [0.2, 0.25) is 0 Å². The first-order valence-electron chi connectivity index (χ1n) is 6.37. The van der Waals surface area contributed by atoms with Gasteiger partial charge in [-0.3, -0.25) is 0 Å². The number of hydrogen-bond donors (Lipinski definition) is 0. The fourth-order valence-corrected chi connectivity index (χ4v) is 2.05. The zero-order valence-electron chi connectivity index (χ0n) is 12.0.